The van der Waals surface area contributed by atoms with Gasteiger partial charge in [-0.1, -0.05) is 54.6 Å². The Kier molecular flexibility index (Phi) is 3.60. The van der Waals surface area contributed by atoms with E-state index in [4.69, 9.17) is 0 Å². The van der Waals surface area contributed by atoms with Gasteiger partial charge in [-0.25, -0.2) is 15.0 Å². The van der Waals surface area contributed by atoms with Crippen LogP contribution in [0, 0.1) is 0 Å². The largest absolute Gasteiger partial charge is 0.236 e. The monoisotopic (exact) mass is 361 g/mol. The highest BCUT2D eigenvalue weighted by Crippen LogP contribution is 2.28. The highest BCUT2D eigenvalue weighted by atomic mass is 79.9. The van der Waals surface area contributed by atoms with Crippen LogP contribution in [-0.2, 0) is 0 Å². The highest BCUT2D eigenvalue weighted by Gasteiger charge is 2.09. The number of fused-ring (bicyclic) bond motifs is 1. The van der Waals surface area contributed by atoms with Crippen LogP contribution in [0.1, 0.15) is 0 Å². The molecule has 0 bridgehead atoms. The predicted octanol–water partition coefficient (Wildman–Crippen LogP) is 5.12. The van der Waals surface area contributed by atoms with E-state index in [1.165, 1.54) is 11.1 Å². The lowest BCUT2D eigenvalue weighted by atomic mass is 10.0. The van der Waals surface area contributed by atoms with Crippen LogP contribution in [0.5, 0.6) is 0 Å². The van der Waals surface area contributed by atoms with Crippen LogP contribution in [0.2, 0.25) is 0 Å². The summed E-state index contributed by atoms with van der Waals surface area (Å²) in [5.41, 5.74) is 5.01. The quantitative estimate of drug-likeness (QED) is 0.465. The molecule has 3 nitrogen and oxygen atoms in total. The van der Waals surface area contributed by atoms with Crippen molar-refractivity contribution in [3.05, 3.63) is 77.7 Å². The molecule has 23 heavy (non-hydrogen) atoms. The summed E-state index contributed by atoms with van der Waals surface area (Å²) >= 11 is 3.37. The van der Waals surface area contributed by atoms with Crippen molar-refractivity contribution in [1.82, 2.24) is 15.0 Å². The van der Waals surface area contributed by atoms with Crippen LogP contribution in [0.15, 0.2) is 77.7 Å². The van der Waals surface area contributed by atoms with Gasteiger partial charge in [-0.2, -0.15) is 0 Å². The molecule has 110 valence electrons. The standard InChI is InChI=1S/C19H12BrN3/c20-19-22-17(16-7-4-12-21-18(16)23-19)15-10-8-14(9-11-15)13-5-2-1-3-6-13/h1-12H. The molecule has 0 aliphatic carbocycles. The Labute approximate surface area is 142 Å². The number of hydrogen-bond donors (Lipinski definition) is 0. The van der Waals surface area contributed by atoms with E-state index in [9.17, 15) is 0 Å². The molecule has 0 spiro atoms. The average molecular weight is 362 g/mol. The predicted molar refractivity (Wildman–Crippen MR) is 95.9 cm³/mol. The molecule has 2 aromatic carbocycles. The first-order valence-electron chi connectivity index (χ1n) is 7.25. The minimum absolute atomic E-state index is 0.547. The van der Waals surface area contributed by atoms with Crippen molar-refractivity contribution in [1.29, 1.82) is 0 Å². The summed E-state index contributed by atoms with van der Waals surface area (Å²) in [6, 6.07) is 22.6. The molecule has 0 unspecified atom stereocenters. The van der Waals surface area contributed by atoms with Gasteiger partial charge in [0.15, 0.2) is 10.4 Å². The zero-order chi connectivity index (χ0) is 15.6. The third-order valence-corrected chi connectivity index (χ3v) is 4.06. The van der Waals surface area contributed by atoms with E-state index in [0.717, 1.165) is 16.6 Å². The van der Waals surface area contributed by atoms with E-state index >= 15 is 0 Å². The van der Waals surface area contributed by atoms with E-state index in [1.54, 1.807) is 6.20 Å². The molecule has 0 saturated heterocycles. The number of pyridine rings is 1. The molecule has 0 N–H and O–H groups in total. The third-order valence-electron chi connectivity index (χ3n) is 3.71. The Balaban J connectivity index is 1.83. The summed E-state index contributed by atoms with van der Waals surface area (Å²) in [7, 11) is 0. The highest BCUT2D eigenvalue weighted by molar-refractivity contribution is 9.10. The first-order chi connectivity index (χ1) is 11.3. The summed E-state index contributed by atoms with van der Waals surface area (Å²) in [5, 5.41) is 0.947. The smallest absolute Gasteiger partial charge is 0.199 e. The van der Waals surface area contributed by atoms with Gasteiger partial charge in [-0.3, -0.25) is 0 Å². The fourth-order valence-electron chi connectivity index (χ4n) is 2.61. The normalized spacial score (nSPS) is 10.8. The lowest BCUT2D eigenvalue weighted by Gasteiger charge is -2.07. The molecule has 0 aliphatic heterocycles. The van der Waals surface area contributed by atoms with Crippen molar-refractivity contribution in [2.45, 2.75) is 0 Å². The van der Waals surface area contributed by atoms with Gasteiger partial charge in [0, 0.05) is 17.1 Å². The minimum atomic E-state index is 0.547. The number of nitrogens with zero attached hydrogens (tertiary/aromatic N) is 3. The van der Waals surface area contributed by atoms with Crippen LogP contribution in [0.3, 0.4) is 0 Å². The molecule has 0 saturated carbocycles. The molecule has 0 radical (unpaired) electrons. The molecule has 4 aromatic rings. The SMILES string of the molecule is Brc1nc(-c2ccc(-c3ccccc3)cc2)c2cccnc2n1. The van der Waals surface area contributed by atoms with E-state index < -0.39 is 0 Å². The number of aromatic nitrogens is 3. The topological polar surface area (TPSA) is 38.7 Å². The third kappa shape index (κ3) is 2.73. The van der Waals surface area contributed by atoms with Crippen molar-refractivity contribution >= 4 is 27.0 Å². The summed E-state index contributed by atoms with van der Waals surface area (Å²) in [4.78, 5) is 13.2. The van der Waals surface area contributed by atoms with Gasteiger partial charge in [-0.05, 0) is 39.2 Å². The number of rotatable bonds is 2. The van der Waals surface area contributed by atoms with Crippen molar-refractivity contribution in [3.63, 3.8) is 0 Å². The minimum Gasteiger partial charge on any atom is -0.236 e. The Hall–Kier alpha value is -2.59. The maximum atomic E-state index is 4.54. The van der Waals surface area contributed by atoms with Crippen molar-refractivity contribution < 1.29 is 0 Å². The van der Waals surface area contributed by atoms with Gasteiger partial charge in [0.05, 0.1) is 5.69 Å². The molecular weight excluding hydrogens is 350 g/mol. The Morgan fingerprint density at radius 1 is 0.652 bits per heavy atom. The van der Waals surface area contributed by atoms with E-state index in [0.29, 0.717) is 10.4 Å². The molecule has 2 aromatic heterocycles. The van der Waals surface area contributed by atoms with Crippen LogP contribution in [0.25, 0.3) is 33.4 Å². The van der Waals surface area contributed by atoms with Gasteiger partial charge in [-0.15, -0.1) is 0 Å². The van der Waals surface area contributed by atoms with Crippen molar-refractivity contribution in [3.8, 4) is 22.4 Å². The first-order valence-corrected chi connectivity index (χ1v) is 8.05. The van der Waals surface area contributed by atoms with Gasteiger partial charge in [0.25, 0.3) is 0 Å². The molecule has 0 amide bonds. The van der Waals surface area contributed by atoms with E-state index in [2.05, 4.69) is 67.3 Å². The molecule has 0 aliphatic rings. The zero-order valence-corrected chi connectivity index (χ0v) is 13.7. The van der Waals surface area contributed by atoms with Gasteiger partial charge in [0.1, 0.15) is 0 Å². The Morgan fingerprint density at radius 2 is 1.35 bits per heavy atom. The first kappa shape index (κ1) is 14.0. The van der Waals surface area contributed by atoms with E-state index in [1.807, 2.05) is 30.3 Å². The number of hydrogen-bond acceptors (Lipinski definition) is 3. The maximum absolute atomic E-state index is 4.54. The molecule has 0 atom stereocenters. The van der Waals surface area contributed by atoms with Gasteiger partial charge < -0.3 is 0 Å². The average Bonchev–Trinajstić information content (AvgIpc) is 2.62. The number of benzene rings is 2. The van der Waals surface area contributed by atoms with Crippen molar-refractivity contribution in [2.24, 2.45) is 0 Å². The van der Waals surface area contributed by atoms with E-state index in [-0.39, 0.29) is 0 Å². The summed E-state index contributed by atoms with van der Waals surface area (Å²) in [6.07, 6.45) is 1.74. The second-order valence-corrected chi connectivity index (χ2v) is 5.87. The second-order valence-electron chi connectivity index (χ2n) is 5.16. The second kappa shape index (κ2) is 5.89. The van der Waals surface area contributed by atoms with Crippen molar-refractivity contribution in [2.75, 3.05) is 0 Å². The van der Waals surface area contributed by atoms with Crippen LogP contribution >= 0.6 is 15.9 Å². The summed E-state index contributed by atoms with van der Waals surface area (Å²) < 4.78 is 0.547. The molecule has 4 rings (SSSR count). The van der Waals surface area contributed by atoms with Gasteiger partial charge >= 0.3 is 0 Å². The lowest BCUT2D eigenvalue weighted by Crippen LogP contribution is -1.93. The summed E-state index contributed by atoms with van der Waals surface area (Å²) in [6.45, 7) is 0. The Bertz CT molecular complexity index is 967. The van der Waals surface area contributed by atoms with Crippen LogP contribution in [0.4, 0.5) is 0 Å². The van der Waals surface area contributed by atoms with Crippen LogP contribution < -0.4 is 0 Å². The number of halogens is 1. The molecule has 2 heterocycles. The fraction of sp³-hybridized carbons (Fsp3) is 0. The Morgan fingerprint density at radius 3 is 2.13 bits per heavy atom. The fourth-order valence-corrected chi connectivity index (χ4v) is 2.95. The molecule has 4 heteroatoms. The molecular formula is C19H12BrN3. The zero-order valence-electron chi connectivity index (χ0n) is 12.1. The molecule has 0 fully saturated rings. The lowest BCUT2D eigenvalue weighted by molar-refractivity contribution is 1.13. The van der Waals surface area contributed by atoms with Gasteiger partial charge in [0.2, 0.25) is 0 Å². The summed E-state index contributed by atoms with van der Waals surface area (Å²) in [5.74, 6) is 0. The maximum Gasteiger partial charge on any atom is 0.199 e. The van der Waals surface area contributed by atoms with Crippen LogP contribution in [-0.4, -0.2) is 15.0 Å².